The molecule has 2 aromatic rings. The monoisotopic (exact) mass is 290 g/mol. The average molecular weight is 290 g/mol. The molecule has 0 unspecified atom stereocenters. The Morgan fingerprint density at radius 3 is 2.79 bits per heavy atom. The minimum Gasteiger partial charge on any atom is -0.310 e. The van der Waals surface area contributed by atoms with Crippen LogP contribution in [-0.4, -0.2) is 17.8 Å². The van der Waals surface area contributed by atoms with Crippen LogP contribution in [0.4, 0.5) is 0 Å². The first kappa shape index (κ1) is 13.2. The van der Waals surface area contributed by atoms with Crippen LogP contribution in [0.1, 0.15) is 17.8 Å². The van der Waals surface area contributed by atoms with Crippen molar-refractivity contribution >= 4 is 23.1 Å². The zero-order valence-electron chi connectivity index (χ0n) is 11.1. The van der Waals surface area contributed by atoms with E-state index < -0.39 is 0 Å². The van der Waals surface area contributed by atoms with Crippen molar-refractivity contribution in [1.29, 1.82) is 0 Å². The highest BCUT2D eigenvalue weighted by Gasteiger charge is 2.20. The van der Waals surface area contributed by atoms with Gasteiger partial charge in [-0.15, -0.1) is 23.1 Å². The third-order valence-corrected chi connectivity index (χ3v) is 4.94. The normalized spacial score (nSPS) is 14.8. The molecule has 1 fully saturated rings. The first-order valence-electron chi connectivity index (χ1n) is 6.64. The van der Waals surface area contributed by atoms with Gasteiger partial charge in [-0.3, -0.25) is 0 Å². The van der Waals surface area contributed by atoms with Gasteiger partial charge in [0.2, 0.25) is 0 Å². The van der Waals surface area contributed by atoms with Crippen LogP contribution >= 0.6 is 23.1 Å². The molecule has 1 aliphatic carbocycles. The lowest BCUT2D eigenvalue weighted by molar-refractivity contribution is 0.637. The van der Waals surface area contributed by atoms with Gasteiger partial charge in [0.25, 0.3) is 0 Å². The quantitative estimate of drug-likeness (QED) is 0.813. The Bertz CT molecular complexity index is 529. The Balaban J connectivity index is 1.61. The molecule has 19 heavy (non-hydrogen) atoms. The van der Waals surface area contributed by atoms with Gasteiger partial charge in [-0.05, 0) is 43.7 Å². The number of rotatable bonds is 6. The molecule has 1 aromatic heterocycles. The average Bonchev–Trinajstić information content (AvgIpc) is 3.15. The van der Waals surface area contributed by atoms with E-state index >= 15 is 0 Å². The third kappa shape index (κ3) is 3.59. The summed E-state index contributed by atoms with van der Waals surface area (Å²) in [6.45, 7) is 2.06. The Morgan fingerprint density at radius 1 is 1.32 bits per heavy atom. The molecule has 0 saturated heterocycles. The van der Waals surface area contributed by atoms with Gasteiger partial charge in [0.1, 0.15) is 5.01 Å². The van der Waals surface area contributed by atoms with Crippen LogP contribution < -0.4 is 5.32 Å². The van der Waals surface area contributed by atoms with Gasteiger partial charge in [0.05, 0.1) is 5.69 Å². The van der Waals surface area contributed by atoms with Gasteiger partial charge in [0, 0.05) is 22.4 Å². The lowest BCUT2D eigenvalue weighted by atomic mass is 10.2. The number of nitrogens with one attached hydrogen (secondary N) is 1. The molecule has 0 radical (unpaired) electrons. The number of benzene rings is 1. The Kier molecular flexibility index (Phi) is 4.21. The predicted molar refractivity (Wildman–Crippen MR) is 83.8 cm³/mol. The van der Waals surface area contributed by atoms with Crippen molar-refractivity contribution in [2.45, 2.75) is 24.3 Å². The van der Waals surface area contributed by atoms with Crippen LogP contribution in [0.15, 0.2) is 34.5 Å². The zero-order valence-corrected chi connectivity index (χ0v) is 12.7. The molecule has 1 aliphatic rings. The minimum absolute atomic E-state index is 0.907. The SMILES string of the molecule is CSc1ccc(-c2csc(CNCC3CC3)n2)cc1. The highest BCUT2D eigenvalue weighted by molar-refractivity contribution is 7.98. The Morgan fingerprint density at radius 2 is 2.11 bits per heavy atom. The lowest BCUT2D eigenvalue weighted by Crippen LogP contribution is -2.15. The van der Waals surface area contributed by atoms with E-state index in [1.54, 1.807) is 23.1 Å². The van der Waals surface area contributed by atoms with Crippen LogP contribution in [0.2, 0.25) is 0 Å². The third-order valence-electron chi connectivity index (χ3n) is 3.34. The number of hydrogen-bond acceptors (Lipinski definition) is 4. The highest BCUT2D eigenvalue weighted by atomic mass is 32.2. The zero-order chi connectivity index (χ0) is 13.1. The maximum absolute atomic E-state index is 4.70. The molecule has 1 heterocycles. The van der Waals surface area contributed by atoms with E-state index in [-0.39, 0.29) is 0 Å². The van der Waals surface area contributed by atoms with Crippen molar-refractivity contribution in [1.82, 2.24) is 10.3 Å². The maximum Gasteiger partial charge on any atom is 0.107 e. The van der Waals surface area contributed by atoms with Crippen molar-refractivity contribution in [3.63, 3.8) is 0 Å². The van der Waals surface area contributed by atoms with E-state index in [1.165, 1.54) is 28.3 Å². The molecule has 0 spiro atoms. The second-order valence-corrected chi connectivity index (χ2v) is 6.75. The maximum atomic E-state index is 4.70. The van der Waals surface area contributed by atoms with Gasteiger partial charge in [-0.25, -0.2) is 4.98 Å². The van der Waals surface area contributed by atoms with Crippen LogP contribution in [0.25, 0.3) is 11.3 Å². The van der Waals surface area contributed by atoms with Crippen molar-refractivity contribution in [3.8, 4) is 11.3 Å². The Labute approximate surface area is 122 Å². The van der Waals surface area contributed by atoms with Crippen LogP contribution in [0.3, 0.4) is 0 Å². The number of thiazole rings is 1. The van der Waals surface area contributed by atoms with Gasteiger partial charge in [-0.1, -0.05) is 12.1 Å². The molecule has 0 amide bonds. The van der Waals surface area contributed by atoms with Gasteiger partial charge < -0.3 is 5.32 Å². The smallest absolute Gasteiger partial charge is 0.107 e. The summed E-state index contributed by atoms with van der Waals surface area (Å²) < 4.78 is 0. The first-order valence-corrected chi connectivity index (χ1v) is 8.75. The Hall–Kier alpha value is -0.840. The molecular formula is C15H18N2S2. The van der Waals surface area contributed by atoms with Gasteiger partial charge >= 0.3 is 0 Å². The van der Waals surface area contributed by atoms with E-state index in [0.29, 0.717) is 0 Å². The van der Waals surface area contributed by atoms with Crippen molar-refractivity contribution in [2.75, 3.05) is 12.8 Å². The van der Waals surface area contributed by atoms with Crippen molar-refractivity contribution in [2.24, 2.45) is 5.92 Å². The molecule has 100 valence electrons. The summed E-state index contributed by atoms with van der Waals surface area (Å²) >= 11 is 3.52. The molecule has 0 bridgehead atoms. The van der Waals surface area contributed by atoms with Crippen LogP contribution in [-0.2, 0) is 6.54 Å². The van der Waals surface area contributed by atoms with E-state index in [4.69, 9.17) is 4.98 Å². The van der Waals surface area contributed by atoms with Gasteiger partial charge in [0.15, 0.2) is 0 Å². The number of nitrogens with zero attached hydrogens (tertiary/aromatic N) is 1. The lowest BCUT2D eigenvalue weighted by Gasteiger charge is -2.00. The standard InChI is InChI=1S/C15H18N2S2/c1-18-13-6-4-12(5-7-13)14-10-19-15(17-14)9-16-8-11-2-3-11/h4-7,10-11,16H,2-3,8-9H2,1H3. The summed E-state index contributed by atoms with van der Waals surface area (Å²) in [5.74, 6) is 0.929. The number of hydrogen-bond donors (Lipinski definition) is 1. The van der Waals surface area contributed by atoms with E-state index in [1.807, 2.05) is 0 Å². The van der Waals surface area contributed by atoms with Crippen LogP contribution in [0.5, 0.6) is 0 Å². The van der Waals surface area contributed by atoms with Crippen molar-refractivity contribution < 1.29 is 0 Å². The molecule has 0 atom stereocenters. The minimum atomic E-state index is 0.907. The number of aromatic nitrogens is 1. The molecule has 3 rings (SSSR count). The summed E-state index contributed by atoms with van der Waals surface area (Å²) in [5.41, 5.74) is 2.31. The largest absolute Gasteiger partial charge is 0.310 e. The van der Waals surface area contributed by atoms with E-state index in [2.05, 4.69) is 41.2 Å². The fourth-order valence-electron chi connectivity index (χ4n) is 1.99. The topological polar surface area (TPSA) is 24.9 Å². The summed E-state index contributed by atoms with van der Waals surface area (Å²) in [4.78, 5) is 6.00. The van der Waals surface area contributed by atoms with Gasteiger partial charge in [-0.2, -0.15) is 0 Å². The summed E-state index contributed by atoms with van der Waals surface area (Å²) in [5, 5.41) is 6.83. The summed E-state index contributed by atoms with van der Waals surface area (Å²) in [6.07, 6.45) is 4.90. The fourth-order valence-corrected chi connectivity index (χ4v) is 3.17. The van der Waals surface area contributed by atoms with E-state index in [0.717, 1.165) is 24.7 Å². The van der Waals surface area contributed by atoms with E-state index in [9.17, 15) is 0 Å². The van der Waals surface area contributed by atoms with Crippen LogP contribution in [0, 0.1) is 5.92 Å². The molecule has 1 N–H and O–H groups in total. The molecule has 0 aliphatic heterocycles. The first-order chi connectivity index (χ1) is 9.35. The highest BCUT2D eigenvalue weighted by Crippen LogP contribution is 2.28. The molecular weight excluding hydrogens is 272 g/mol. The fraction of sp³-hybridized carbons (Fsp3) is 0.400. The molecule has 1 saturated carbocycles. The predicted octanol–water partition coefficient (Wildman–Crippen LogP) is 4.03. The molecule has 2 nitrogen and oxygen atoms in total. The molecule has 4 heteroatoms. The number of thioether (sulfide) groups is 1. The summed E-state index contributed by atoms with van der Waals surface area (Å²) in [7, 11) is 0. The summed E-state index contributed by atoms with van der Waals surface area (Å²) in [6, 6.07) is 8.62. The second-order valence-electron chi connectivity index (χ2n) is 4.93. The second kappa shape index (κ2) is 6.07. The van der Waals surface area contributed by atoms with Crippen molar-refractivity contribution in [3.05, 3.63) is 34.7 Å². The molecule has 1 aromatic carbocycles.